The Bertz CT molecular complexity index is 658. The van der Waals surface area contributed by atoms with Gasteiger partial charge in [-0.2, -0.15) is 0 Å². The SMILES string of the molecule is CC(=O)c1cccc(NC(=S)Nc2cccc(Br)c2)c1. The lowest BCUT2D eigenvalue weighted by Gasteiger charge is -2.11. The summed E-state index contributed by atoms with van der Waals surface area (Å²) in [5.41, 5.74) is 2.32. The Hall–Kier alpha value is -1.72. The van der Waals surface area contributed by atoms with E-state index in [9.17, 15) is 4.79 Å². The van der Waals surface area contributed by atoms with E-state index in [2.05, 4.69) is 26.6 Å². The van der Waals surface area contributed by atoms with Crippen LogP contribution < -0.4 is 10.6 Å². The molecule has 0 unspecified atom stereocenters. The number of rotatable bonds is 3. The highest BCUT2D eigenvalue weighted by molar-refractivity contribution is 9.10. The van der Waals surface area contributed by atoms with Gasteiger partial charge in [0, 0.05) is 21.4 Å². The van der Waals surface area contributed by atoms with Crippen LogP contribution in [-0.2, 0) is 0 Å². The maximum absolute atomic E-state index is 11.3. The highest BCUT2D eigenvalue weighted by Crippen LogP contribution is 2.16. The number of Topliss-reactive ketones (excluding diaryl/α,β-unsaturated/α-hetero) is 1. The number of halogens is 1. The van der Waals surface area contributed by atoms with Crippen LogP contribution in [0, 0.1) is 0 Å². The van der Waals surface area contributed by atoms with Crippen LogP contribution in [0.5, 0.6) is 0 Å². The third-order valence-electron chi connectivity index (χ3n) is 2.61. The molecule has 2 N–H and O–H groups in total. The third-order valence-corrected chi connectivity index (χ3v) is 3.31. The van der Waals surface area contributed by atoms with Crippen LogP contribution in [0.4, 0.5) is 11.4 Å². The van der Waals surface area contributed by atoms with Crippen LogP contribution >= 0.6 is 28.1 Å². The van der Waals surface area contributed by atoms with E-state index in [1.165, 1.54) is 6.92 Å². The monoisotopic (exact) mass is 348 g/mol. The van der Waals surface area contributed by atoms with E-state index in [-0.39, 0.29) is 5.78 Å². The molecule has 102 valence electrons. The van der Waals surface area contributed by atoms with E-state index in [4.69, 9.17) is 12.2 Å². The second-order valence-corrected chi connectivity index (χ2v) is 5.55. The van der Waals surface area contributed by atoms with Gasteiger partial charge in [0.1, 0.15) is 0 Å². The molecule has 0 fully saturated rings. The number of hydrogen-bond acceptors (Lipinski definition) is 2. The van der Waals surface area contributed by atoms with Crippen molar-refractivity contribution in [3.63, 3.8) is 0 Å². The van der Waals surface area contributed by atoms with Crippen LogP contribution in [0.3, 0.4) is 0 Å². The predicted molar refractivity (Wildman–Crippen MR) is 90.4 cm³/mol. The number of thiocarbonyl (C=S) groups is 1. The maximum Gasteiger partial charge on any atom is 0.175 e. The summed E-state index contributed by atoms with van der Waals surface area (Å²) in [6, 6.07) is 15.0. The summed E-state index contributed by atoms with van der Waals surface area (Å²) in [6.45, 7) is 1.54. The Balaban J connectivity index is 2.04. The van der Waals surface area contributed by atoms with Crippen LogP contribution in [0.1, 0.15) is 17.3 Å². The molecule has 5 heteroatoms. The Morgan fingerprint density at radius 3 is 2.25 bits per heavy atom. The van der Waals surface area contributed by atoms with Gasteiger partial charge in [0.15, 0.2) is 10.9 Å². The molecule has 0 aromatic heterocycles. The molecule has 0 aliphatic rings. The molecule has 0 aliphatic carbocycles. The number of anilines is 2. The summed E-state index contributed by atoms with van der Waals surface area (Å²) < 4.78 is 0.976. The van der Waals surface area contributed by atoms with Gasteiger partial charge in [0.25, 0.3) is 0 Å². The van der Waals surface area contributed by atoms with Gasteiger partial charge >= 0.3 is 0 Å². The fourth-order valence-electron chi connectivity index (χ4n) is 1.68. The molecule has 0 heterocycles. The van der Waals surface area contributed by atoms with Gasteiger partial charge in [-0.3, -0.25) is 4.79 Å². The smallest absolute Gasteiger partial charge is 0.175 e. The highest BCUT2D eigenvalue weighted by Gasteiger charge is 2.03. The average molecular weight is 349 g/mol. The van der Waals surface area contributed by atoms with Crippen LogP contribution in [0.15, 0.2) is 53.0 Å². The van der Waals surface area contributed by atoms with E-state index in [1.807, 2.05) is 36.4 Å². The minimum absolute atomic E-state index is 0.0273. The van der Waals surface area contributed by atoms with E-state index < -0.39 is 0 Å². The summed E-state index contributed by atoms with van der Waals surface area (Å²) in [6.07, 6.45) is 0. The first kappa shape index (κ1) is 14.7. The van der Waals surface area contributed by atoms with Crippen molar-refractivity contribution in [2.45, 2.75) is 6.92 Å². The van der Waals surface area contributed by atoms with Gasteiger partial charge in [0.2, 0.25) is 0 Å². The predicted octanol–water partition coefficient (Wildman–Crippen LogP) is 4.46. The maximum atomic E-state index is 11.3. The zero-order chi connectivity index (χ0) is 14.5. The standard InChI is InChI=1S/C15H13BrN2OS/c1-10(19)11-4-2-6-13(8-11)17-15(20)18-14-7-3-5-12(16)9-14/h2-9H,1H3,(H2,17,18,20). The lowest BCUT2D eigenvalue weighted by atomic mass is 10.1. The molecule has 2 rings (SSSR count). The summed E-state index contributed by atoms with van der Waals surface area (Å²) in [5.74, 6) is 0.0273. The van der Waals surface area contributed by atoms with Gasteiger partial charge in [-0.1, -0.05) is 34.1 Å². The van der Waals surface area contributed by atoms with Crippen LogP contribution in [-0.4, -0.2) is 10.9 Å². The molecule has 0 saturated heterocycles. The molecule has 20 heavy (non-hydrogen) atoms. The van der Waals surface area contributed by atoms with Crippen LogP contribution in [0.25, 0.3) is 0 Å². The van der Waals surface area contributed by atoms with E-state index in [0.717, 1.165) is 15.8 Å². The van der Waals surface area contributed by atoms with E-state index >= 15 is 0 Å². The number of nitrogens with one attached hydrogen (secondary N) is 2. The van der Waals surface area contributed by atoms with Crippen molar-refractivity contribution < 1.29 is 4.79 Å². The summed E-state index contributed by atoms with van der Waals surface area (Å²) in [4.78, 5) is 11.3. The topological polar surface area (TPSA) is 41.1 Å². The second kappa shape index (κ2) is 6.63. The molecule has 2 aromatic rings. The first-order valence-corrected chi connectivity index (χ1v) is 7.19. The number of carbonyl (C=O) groups excluding carboxylic acids is 1. The molecule has 0 radical (unpaired) electrons. The second-order valence-electron chi connectivity index (χ2n) is 4.23. The third kappa shape index (κ3) is 4.15. The van der Waals surface area contributed by atoms with Crippen molar-refractivity contribution in [2.75, 3.05) is 10.6 Å². The molecule has 0 amide bonds. The van der Waals surface area contributed by atoms with Gasteiger partial charge in [0.05, 0.1) is 0 Å². The first-order valence-electron chi connectivity index (χ1n) is 5.99. The largest absolute Gasteiger partial charge is 0.332 e. The van der Waals surface area contributed by atoms with Crippen LogP contribution in [0.2, 0.25) is 0 Å². The lowest BCUT2D eigenvalue weighted by molar-refractivity contribution is 0.101. The molecule has 0 spiro atoms. The van der Waals surface area contributed by atoms with Crippen molar-refractivity contribution in [2.24, 2.45) is 0 Å². The normalized spacial score (nSPS) is 9.90. The van der Waals surface area contributed by atoms with Crippen molar-refractivity contribution in [1.29, 1.82) is 0 Å². The number of ketones is 1. The van der Waals surface area contributed by atoms with Gasteiger partial charge in [-0.05, 0) is 49.5 Å². The Morgan fingerprint density at radius 1 is 1.05 bits per heavy atom. The Morgan fingerprint density at radius 2 is 1.65 bits per heavy atom. The summed E-state index contributed by atoms with van der Waals surface area (Å²) in [7, 11) is 0. The molecule has 0 aliphatic heterocycles. The zero-order valence-corrected chi connectivity index (χ0v) is 13.2. The summed E-state index contributed by atoms with van der Waals surface area (Å²) >= 11 is 8.65. The number of benzene rings is 2. The Kier molecular flexibility index (Phi) is 4.87. The zero-order valence-electron chi connectivity index (χ0n) is 10.8. The molecular weight excluding hydrogens is 336 g/mol. The lowest BCUT2D eigenvalue weighted by Crippen LogP contribution is -2.19. The first-order chi connectivity index (χ1) is 9.54. The highest BCUT2D eigenvalue weighted by atomic mass is 79.9. The molecule has 0 atom stereocenters. The minimum Gasteiger partial charge on any atom is -0.332 e. The van der Waals surface area contributed by atoms with Crippen molar-refractivity contribution in [3.05, 3.63) is 58.6 Å². The van der Waals surface area contributed by atoms with Gasteiger partial charge in [-0.25, -0.2) is 0 Å². The fourth-order valence-corrected chi connectivity index (χ4v) is 2.31. The van der Waals surface area contributed by atoms with Crippen molar-refractivity contribution >= 4 is 50.4 Å². The van der Waals surface area contributed by atoms with E-state index in [0.29, 0.717) is 10.7 Å². The minimum atomic E-state index is 0.0273. The van der Waals surface area contributed by atoms with E-state index in [1.54, 1.807) is 12.1 Å². The molecule has 3 nitrogen and oxygen atoms in total. The summed E-state index contributed by atoms with van der Waals surface area (Å²) in [5, 5.41) is 6.62. The molecule has 0 saturated carbocycles. The Labute approximate surface area is 131 Å². The quantitative estimate of drug-likeness (QED) is 0.634. The van der Waals surface area contributed by atoms with Crippen molar-refractivity contribution in [3.8, 4) is 0 Å². The number of carbonyl (C=O) groups is 1. The van der Waals surface area contributed by atoms with Gasteiger partial charge < -0.3 is 10.6 Å². The average Bonchev–Trinajstić information content (AvgIpc) is 2.38. The fraction of sp³-hybridized carbons (Fsp3) is 0.0667. The van der Waals surface area contributed by atoms with Crippen molar-refractivity contribution in [1.82, 2.24) is 0 Å². The molecular formula is C15H13BrN2OS. The molecule has 0 bridgehead atoms. The number of hydrogen-bond donors (Lipinski definition) is 2. The van der Waals surface area contributed by atoms with Gasteiger partial charge in [-0.15, -0.1) is 0 Å². The molecule has 2 aromatic carbocycles.